The molecule has 2 amide bonds. The molecule has 0 saturated heterocycles. The van der Waals surface area contributed by atoms with Gasteiger partial charge in [-0.3, -0.25) is 10.3 Å². The third-order valence-electron chi connectivity index (χ3n) is 6.49. The number of urea groups is 1. The molecule has 1 atom stereocenters. The SMILES string of the molecule is CCC(C)(C)c1cc(NC(=O)Nc2ccc(Oc3cccnc3)cc2)n(-c2ccc(NCCC(C)Cl)cc2)n1. The summed E-state index contributed by atoms with van der Waals surface area (Å²) in [6.07, 6.45) is 5.11. The number of nitrogens with zero attached hydrogens (tertiary/aromatic N) is 3. The highest BCUT2D eigenvalue weighted by atomic mass is 35.5. The van der Waals surface area contributed by atoms with Gasteiger partial charge in [-0.25, -0.2) is 9.48 Å². The van der Waals surface area contributed by atoms with Crippen molar-refractivity contribution in [3.05, 3.63) is 84.8 Å². The van der Waals surface area contributed by atoms with Crippen LogP contribution in [0.15, 0.2) is 79.1 Å². The summed E-state index contributed by atoms with van der Waals surface area (Å²) < 4.78 is 7.54. The highest BCUT2D eigenvalue weighted by Gasteiger charge is 2.24. The van der Waals surface area contributed by atoms with Crippen LogP contribution in [0, 0.1) is 0 Å². The lowest BCUT2D eigenvalue weighted by molar-refractivity contribution is 0.262. The van der Waals surface area contributed by atoms with Crippen molar-refractivity contribution >= 4 is 34.8 Å². The van der Waals surface area contributed by atoms with Gasteiger partial charge in [-0.1, -0.05) is 20.8 Å². The Morgan fingerprint density at radius 2 is 1.74 bits per heavy atom. The number of anilines is 3. The average molecular weight is 547 g/mol. The quantitative estimate of drug-likeness (QED) is 0.167. The van der Waals surface area contributed by atoms with Crippen LogP contribution in [0.5, 0.6) is 11.5 Å². The number of benzene rings is 2. The third-order valence-corrected chi connectivity index (χ3v) is 6.71. The molecule has 2 heterocycles. The van der Waals surface area contributed by atoms with E-state index in [4.69, 9.17) is 21.4 Å². The molecule has 0 spiro atoms. The first-order valence-electron chi connectivity index (χ1n) is 13.1. The summed E-state index contributed by atoms with van der Waals surface area (Å²) >= 11 is 6.05. The van der Waals surface area contributed by atoms with E-state index in [2.05, 4.69) is 41.7 Å². The van der Waals surface area contributed by atoms with Gasteiger partial charge in [-0.15, -0.1) is 11.6 Å². The minimum absolute atomic E-state index is 0.124. The molecule has 0 aliphatic heterocycles. The van der Waals surface area contributed by atoms with Gasteiger partial charge in [0.05, 0.1) is 17.6 Å². The van der Waals surface area contributed by atoms with Gasteiger partial charge < -0.3 is 15.4 Å². The van der Waals surface area contributed by atoms with Crippen molar-refractivity contribution < 1.29 is 9.53 Å². The van der Waals surface area contributed by atoms with Crippen LogP contribution >= 0.6 is 11.6 Å². The Hall–Kier alpha value is -4.04. The molecular formula is C30H35ClN6O2. The third kappa shape index (κ3) is 7.74. The van der Waals surface area contributed by atoms with Crippen molar-refractivity contribution in [3.8, 4) is 17.2 Å². The predicted octanol–water partition coefficient (Wildman–Crippen LogP) is 7.82. The van der Waals surface area contributed by atoms with Crippen LogP contribution in [0.2, 0.25) is 0 Å². The Morgan fingerprint density at radius 1 is 1.03 bits per heavy atom. The van der Waals surface area contributed by atoms with Gasteiger partial charge in [0.1, 0.15) is 17.3 Å². The number of pyridine rings is 1. The van der Waals surface area contributed by atoms with Gasteiger partial charge in [0.2, 0.25) is 0 Å². The van der Waals surface area contributed by atoms with Crippen molar-refractivity contribution in [2.45, 2.75) is 51.3 Å². The van der Waals surface area contributed by atoms with E-state index in [1.54, 1.807) is 41.3 Å². The maximum absolute atomic E-state index is 13.0. The zero-order chi connectivity index (χ0) is 27.8. The number of alkyl halides is 1. The molecule has 9 heteroatoms. The molecule has 4 rings (SSSR count). The van der Waals surface area contributed by atoms with E-state index < -0.39 is 0 Å². The Kier molecular flexibility index (Phi) is 9.09. The molecule has 0 aliphatic rings. The molecule has 0 bridgehead atoms. The topological polar surface area (TPSA) is 93.1 Å². The van der Waals surface area contributed by atoms with Crippen molar-refractivity contribution in [2.24, 2.45) is 0 Å². The van der Waals surface area contributed by atoms with E-state index in [9.17, 15) is 4.79 Å². The number of ether oxygens (including phenoxy) is 1. The summed E-state index contributed by atoms with van der Waals surface area (Å²) in [6, 6.07) is 20.3. The second-order valence-electron chi connectivity index (χ2n) is 10.0. The minimum Gasteiger partial charge on any atom is -0.456 e. The van der Waals surface area contributed by atoms with Crippen LogP contribution in [0.25, 0.3) is 5.69 Å². The molecule has 0 saturated carbocycles. The Labute approximate surface area is 234 Å². The van der Waals surface area contributed by atoms with Crippen LogP contribution in [0.1, 0.15) is 46.2 Å². The number of nitrogens with one attached hydrogen (secondary N) is 3. The molecule has 3 N–H and O–H groups in total. The van der Waals surface area contributed by atoms with E-state index in [0.29, 0.717) is 23.0 Å². The molecule has 1 unspecified atom stereocenters. The first-order chi connectivity index (χ1) is 18.7. The average Bonchev–Trinajstić information content (AvgIpc) is 3.35. The first kappa shape index (κ1) is 28.0. The number of halogens is 1. The molecule has 4 aromatic rings. The monoisotopic (exact) mass is 546 g/mol. The highest BCUT2D eigenvalue weighted by Crippen LogP contribution is 2.30. The van der Waals surface area contributed by atoms with E-state index in [1.807, 2.05) is 49.4 Å². The number of aromatic nitrogens is 3. The second-order valence-corrected chi connectivity index (χ2v) is 10.7. The number of hydrogen-bond acceptors (Lipinski definition) is 5. The molecule has 0 aliphatic carbocycles. The van der Waals surface area contributed by atoms with Crippen molar-refractivity contribution in [1.82, 2.24) is 14.8 Å². The minimum atomic E-state index is -0.369. The zero-order valence-corrected chi connectivity index (χ0v) is 23.5. The number of carbonyl (C=O) groups excluding carboxylic acids is 1. The van der Waals surface area contributed by atoms with Crippen LogP contribution < -0.4 is 20.7 Å². The summed E-state index contributed by atoms with van der Waals surface area (Å²) in [5.41, 5.74) is 3.22. The summed E-state index contributed by atoms with van der Waals surface area (Å²) in [5.74, 6) is 1.87. The Morgan fingerprint density at radius 3 is 2.38 bits per heavy atom. The summed E-state index contributed by atoms with van der Waals surface area (Å²) in [5, 5.41) is 14.2. The highest BCUT2D eigenvalue weighted by molar-refractivity contribution is 6.20. The lowest BCUT2D eigenvalue weighted by Crippen LogP contribution is -2.21. The lowest BCUT2D eigenvalue weighted by Gasteiger charge is -2.19. The Balaban J connectivity index is 1.47. The largest absolute Gasteiger partial charge is 0.456 e. The van der Waals surface area contributed by atoms with Crippen LogP contribution in [-0.4, -0.2) is 32.7 Å². The van der Waals surface area contributed by atoms with Crippen molar-refractivity contribution in [1.29, 1.82) is 0 Å². The summed E-state index contributed by atoms with van der Waals surface area (Å²) in [6.45, 7) is 9.19. The molecule has 0 radical (unpaired) electrons. The molecular weight excluding hydrogens is 512 g/mol. The van der Waals surface area contributed by atoms with Crippen molar-refractivity contribution in [2.75, 3.05) is 22.5 Å². The van der Waals surface area contributed by atoms with Gasteiger partial charge in [0.25, 0.3) is 0 Å². The fraction of sp³-hybridized carbons (Fsp3) is 0.300. The standard InChI is InChI=1S/C30H35ClN6O2/c1-5-30(3,4)27-19-28(37(36-27)24-12-8-22(9-13-24)33-18-16-21(2)31)35-29(38)34-23-10-14-25(15-11-23)39-26-7-6-17-32-20-26/h6-15,17,19-21,33H,5,16,18H2,1-4H3,(H2,34,35,38). The molecule has 39 heavy (non-hydrogen) atoms. The number of amides is 2. The Bertz CT molecular complexity index is 1350. The number of rotatable bonds is 11. The molecule has 2 aromatic carbocycles. The van der Waals surface area contributed by atoms with Gasteiger partial charge in [-0.05, 0) is 80.4 Å². The normalized spacial score (nSPS) is 12.0. The smallest absolute Gasteiger partial charge is 0.324 e. The fourth-order valence-electron chi connectivity index (χ4n) is 3.74. The van der Waals surface area contributed by atoms with Gasteiger partial charge in [0.15, 0.2) is 0 Å². The van der Waals surface area contributed by atoms with Crippen molar-refractivity contribution in [3.63, 3.8) is 0 Å². The molecule has 8 nitrogen and oxygen atoms in total. The lowest BCUT2D eigenvalue weighted by atomic mass is 9.87. The van der Waals surface area contributed by atoms with Crippen LogP contribution in [-0.2, 0) is 5.41 Å². The van der Waals surface area contributed by atoms with E-state index in [1.165, 1.54) is 0 Å². The second kappa shape index (κ2) is 12.7. The number of carbonyl (C=O) groups is 1. The predicted molar refractivity (Wildman–Crippen MR) is 159 cm³/mol. The van der Waals surface area contributed by atoms with Gasteiger partial charge >= 0.3 is 6.03 Å². The number of hydrogen-bond donors (Lipinski definition) is 3. The molecule has 0 fully saturated rings. The maximum Gasteiger partial charge on any atom is 0.324 e. The summed E-state index contributed by atoms with van der Waals surface area (Å²) in [7, 11) is 0. The van der Waals surface area contributed by atoms with Gasteiger partial charge in [-0.2, -0.15) is 5.10 Å². The van der Waals surface area contributed by atoms with Crippen LogP contribution in [0.3, 0.4) is 0 Å². The zero-order valence-electron chi connectivity index (χ0n) is 22.7. The fourth-order valence-corrected chi connectivity index (χ4v) is 3.85. The van der Waals surface area contributed by atoms with Gasteiger partial charge in [0, 0.05) is 41.0 Å². The van der Waals surface area contributed by atoms with E-state index >= 15 is 0 Å². The van der Waals surface area contributed by atoms with E-state index in [0.717, 1.165) is 36.5 Å². The maximum atomic E-state index is 13.0. The van der Waals surface area contributed by atoms with Crippen LogP contribution in [0.4, 0.5) is 22.0 Å². The first-order valence-corrected chi connectivity index (χ1v) is 13.5. The van der Waals surface area contributed by atoms with E-state index in [-0.39, 0.29) is 16.8 Å². The molecule has 2 aromatic heterocycles. The molecule has 204 valence electrons. The summed E-state index contributed by atoms with van der Waals surface area (Å²) in [4.78, 5) is 17.0.